The van der Waals surface area contributed by atoms with Gasteiger partial charge in [-0.05, 0) is 75.5 Å². The van der Waals surface area contributed by atoms with Crippen LogP contribution >= 0.6 is 11.3 Å². The number of aryl methyl sites for hydroxylation is 2. The number of aromatic nitrogens is 2. The molecule has 1 N–H and O–H groups in total. The van der Waals surface area contributed by atoms with Gasteiger partial charge in [-0.1, -0.05) is 42.9 Å². The quantitative estimate of drug-likeness (QED) is 0.304. The number of unbranched alkanes of at least 4 members (excludes halogenated alkanes) is 1. The zero-order valence-corrected chi connectivity index (χ0v) is 23.3. The lowest BCUT2D eigenvalue weighted by molar-refractivity contribution is -0.143. The summed E-state index contributed by atoms with van der Waals surface area (Å²) in [6, 6.07) is 11.0. The molecule has 2 aromatic carbocycles. The van der Waals surface area contributed by atoms with Crippen molar-refractivity contribution in [2.75, 3.05) is 37.7 Å². The second-order valence-electron chi connectivity index (χ2n) is 10.00. The Kier molecular flexibility index (Phi) is 9.69. The Balaban J connectivity index is 1.41. The molecule has 0 bridgehead atoms. The monoisotopic (exact) mass is 540 g/mol. The number of hydrogen-bond donors (Lipinski definition) is 1. The standard InChI is InChI=1S/C29H37FN4O3S/c1-4-5-12-34(19-23-8-6-7-9-25(23)30)29-32-31-27(38-29)24-17-20(2)26(21(3)18-24)37-16-15-33-13-10-22(11-14-33)28(35)36/h6-9,17-18,22H,4-5,10-16,19H2,1-3H3,(H,35,36). The van der Waals surface area contributed by atoms with Crippen LogP contribution in [0.3, 0.4) is 0 Å². The van der Waals surface area contributed by atoms with Crippen molar-refractivity contribution in [3.05, 3.63) is 58.9 Å². The second kappa shape index (κ2) is 13.2. The van der Waals surface area contributed by atoms with Gasteiger partial charge in [-0.25, -0.2) is 4.39 Å². The molecule has 7 nitrogen and oxygen atoms in total. The molecule has 2 heterocycles. The van der Waals surface area contributed by atoms with E-state index in [9.17, 15) is 14.3 Å². The Morgan fingerprint density at radius 1 is 1.18 bits per heavy atom. The number of carboxylic acid groups (broad SMARTS) is 1. The number of benzene rings is 2. The SMILES string of the molecule is CCCCN(Cc1ccccc1F)c1nnc(-c2cc(C)c(OCCN3CCC(C(=O)O)CC3)c(C)c2)s1. The Morgan fingerprint density at radius 2 is 1.89 bits per heavy atom. The van der Waals surface area contributed by atoms with Crippen molar-refractivity contribution in [2.45, 2.75) is 53.0 Å². The Bertz CT molecular complexity index is 1200. The largest absolute Gasteiger partial charge is 0.492 e. The van der Waals surface area contributed by atoms with Crippen molar-refractivity contribution in [3.63, 3.8) is 0 Å². The smallest absolute Gasteiger partial charge is 0.306 e. The summed E-state index contributed by atoms with van der Waals surface area (Å²) in [5.74, 6) is -0.231. The number of nitrogens with zero attached hydrogens (tertiary/aromatic N) is 4. The molecule has 1 aliphatic heterocycles. The third kappa shape index (κ3) is 7.08. The van der Waals surface area contributed by atoms with E-state index < -0.39 is 5.97 Å². The molecule has 3 aromatic rings. The number of aliphatic carboxylic acids is 1. The molecule has 0 saturated carbocycles. The highest BCUT2D eigenvalue weighted by molar-refractivity contribution is 7.18. The first-order valence-corrected chi connectivity index (χ1v) is 14.2. The average molecular weight is 541 g/mol. The van der Waals surface area contributed by atoms with Crippen LogP contribution < -0.4 is 9.64 Å². The Morgan fingerprint density at radius 3 is 2.55 bits per heavy atom. The van der Waals surface area contributed by atoms with Gasteiger partial charge >= 0.3 is 5.97 Å². The van der Waals surface area contributed by atoms with Gasteiger partial charge in [0.15, 0.2) is 0 Å². The summed E-state index contributed by atoms with van der Waals surface area (Å²) in [4.78, 5) is 15.5. The molecular formula is C29H37FN4O3S. The van der Waals surface area contributed by atoms with Gasteiger partial charge in [0, 0.05) is 30.8 Å². The first-order valence-electron chi connectivity index (χ1n) is 13.4. The number of rotatable bonds is 12. The zero-order chi connectivity index (χ0) is 27.1. The molecule has 1 saturated heterocycles. The molecule has 1 fully saturated rings. The second-order valence-corrected chi connectivity index (χ2v) is 11.0. The first-order chi connectivity index (χ1) is 18.4. The molecule has 0 atom stereocenters. The lowest BCUT2D eigenvalue weighted by Crippen LogP contribution is -2.38. The highest BCUT2D eigenvalue weighted by Crippen LogP contribution is 2.34. The van der Waals surface area contributed by atoms with E-state index >= 15 is 0 Å². The molecule has 1 aromatic heterocycles. The molecule has 38 heavy (non-hydrogen) atoms. The normalized spacial score (nSPS) is 14.5. The van der Waals surface area contributed by atoms with Crippen LogP contribution in [-0.2, 0) is 11.3 Å². The molecule has 204 valence electrons. The summed E-state index contributed by atoms with van der Waals surface area (Å²) in [6.07, 6.45) is 3.43. The topological polar surface area (TPSA) is 78.8 Å². The van der Waals surface area contributed by atoms with Crippen LogP contribution in [0.25, 0.3) is 10.6 Å². The maximum Gasteiger partial charge on any atom is 0.306 e. The number of carboxylic acids is 1. The van der Waals surface area contributed by atoms with Crippen LogP contribution in [0.4, 0.5) is 9.52 Å². The van der Waals surface area contributed by atoms with Gasteiger partial charge in [0.05, 0.1) is 5.92 Å². The Labute approximate surface area is 228 Å². The third-order valence-corrected chi connectivity index (χ3v) is 8.12. The molecule has 0 spiro atoms. The van der Waals surface area contributed by atoms with E-state index in [0.29, 0.717) is 31.6 Å². The number of ether oxygens (including phenoxy) is 1. The fraction of sp³-hybridized carbons (Fsp3) is 0.483. The predicted molar refractivity (Wildman–Crippen MR) is 149 cm³/mol. The third-order valence-electron chi connectivity index (χ3n) is 7.08. The van der Waals surface area contributed by atoms with Crippen molar-refractivity contribution in [2.24, 2.45) is 5.92 Å². The van der Waals surface area contributed by atoms with Crippen molar-refractivity contribution in [3.8, 4) is 16.3 Å². The summed E-state index contributed by atoms with van der Waals surface area (Å²) in [5.41, 5.74) is 3.72. The van der Waals surface area contributed by atoms with Gasteiger partial charge in [0.25, 0.3) is 0 Å². The van der Waals surface area contributed by atoms with Crippen molar-refractivity contribution >= 4 is 22.4 Å². The number of carbonyl (C=O) groups is 1. The van der Waals surface area contributed by atoms with Gasteiger partial charge in [-0.3, -0.25) is 9.69 Å². The van der Waals surface area contributed by atoms with Crippen molar-refractivity contribution in [1.29, 1.82) is 0 Å². The van der Waals surface area contributed by atoms with Gasteiger partial charge in [0.1, 0.15) is 23.2 Å². The van der Waals surface area contributed by atoms with E-state index in [1.165, 1.54) is 17.4 Å². The minimum Gasteiger partial charge on any atom is -0.492 e. The molecular weight excluding hydrogens is 503 g/mol. The van der Waals surface area contributed by atoms with Crippen LogP contribution in [0.1, 0.15) is 49.3 Å². The van der Waals surface area contributed by atoms with Gasteiger partial charge in [-0.15, -0.1) is 10.2 Å². The van der Waals surface area contributed by atoms with Crippen molar-refractivity contribution < 1.29 is 19.0 Å². The van der Waals surface area contributed by atoms with Crippen LogP contribution in [0.5, 0.6) is 5.75 Å². The fourth-order valence-corrected chi connectivity index (χ4v) is 5.72. The molecule has 0 amide bonds. The summed E-state index contributed by atoms with van der Waals surface area (Å²) in [7, 11) is 0. The lowest BCUT2D eigenvalue weighted by Gasteiger charge is -2.30. The molecule has 0 unspecified atom stereocenters. The number of hydrogen-bond acceptors (Lipinski definition) is 7. The fourth-order valence-electron chi connectivity index (χ4n) is 4.87. The minimum atomic E-state index is -0.687. The van der Waals surface area contributed by atoms with Crippen LogP contribution in [-0.4, -0.2) is 59.0 Å². The van der Waals surface area contributed by atoms with Crippen LogP contribution in [0.2, 0.25) is 0 Å². The first kappa shape index (κ1) is 28.0. The average Bonchev–Trinajstić information content (AvgIpc) is 3.39. The van der Waals surface area contributed by atoms with E-state index in [-0.39, 0.29) is 11.7 Å². The van der Waals surface area contributed by atoms with Gasteiger partial charge < -0.3 is 14.7 Å². The van der Waals surface area contributed by atoms with E-state index in [1.807, 2.05) is 26.0 Å². The Hall–Kier alpha value is -3.04. The lowest BCUT2D eigenvalue weighted by atomic mass is 9.97. The van der Waals surface area contributed by atoms with Gasteiger partial charge in [0.2, 0.25) is 5.13 Å². The number of anilines is 1. The van der Waals surface area contributed by atoms with Gasteiger partial charge in [-0.2, -0.15) is 0 Å². The van der Waals surface area contributed by atoms with Crippen LogP contribution in [0.15, 0.2) is 36.4 Å². The molecule has 1 aliphatic rings. The highest BCUT2D eigenvalue weighted by Gasteiger charge is 2.24. The molecule has 9 heteroatoms. The summed E-state index contributed by atoms with van der Waals surface area (Å²) in [5, 5.41) is 19.7. The maximum absolute atomic E-state index is 14.3. The highest BCUT2D eigenvalue weighted by atomic mass is 32.1. The number of likely N-dealkylation sites (tertiary alicyclic amines) is 1. The molecule has 4 rings (SSSR count). The van der Waals surface area contributed by atoms with E-state index in [4.69, 9.17) is 4.74 Å². The zero-order valence-electron chi connectivity index (χ0n) is 22.5. The van der Waals surface area contributed by atoms with Crippen LogP contribution in [0, 0.1) is 25.6 Å². The minimum absolute atomic E-state index is 0.203. The van der Waals surface area contributed by atoms with E-state index in [1.54, 1.807) is 6.07 Å². The van der Waals surface area contributed by atoms with E-state index in [2.05, 4.69) is 39.1 Å². The maximum atomic E-state index is 14.3. The number of piperidine rings is 1. The molecule has 0 radical (unpaired) electrons. The predicted octanol–water partition coefficient (Wildman–Crippen LogP) is 5.94. The summed E-state index contributed by atoms with van der Waals surface area (Å²) in [6.45, 7) is 10.4. The van der Waals surface area contributed by atoms with Crippen molar-refractivity contribution in [1.82, 2.24) is 15.1 Å². The summed E-state index contributed by atoms with van der Waals surface area (Å²) >= 11 is 1.52. The van der Waals surface area contributed by atoms with E-state index in [0.717, 1.165) is 71.6 Å². The number of halogens is 1. The summed E-state index contributed by atoms with van der Waals surface area (Å²) < 4.78 is 20.5. The molecule has 0 aliphatic carbocycles.